The first kappa shape index (κ1) is 18.6. The Kier molecular flexibility index (Phi) is 5.53. The number of piperazine rings is 1. The summed E-state index contributed by atoms with van der Waals surface area (Å²) in [5, 5.41) is 2.08. The lowest BCUT2D eigenvalue weighted by atomic mass is 10.2. The average Bonchev–Trinajstić information content (AvgIpc) is 2.69. The largest absolute Gasteiger partial charge is 0.339 e. The molecule has 0 bridgehead atoms. The van der Waals surface area contributed by atoms with Gasteiger partial charge in [-0.1, -0.05) is 0 Å². The molecule has 1 aliphatic heterocycles. The van der Waals surface area contributed by atoms with Crippen molar-refractivity contribution in [2.45, 2.75) is 6.42 Å². The van der Waals surface area contributed by atoms with Gasteiger partial charge < -0.3 is 15.1 Å². The Morgan fingerprint density at radius 1 is 1.00 bits per heavy atom. The van der Waals surface area contributed by atoms with Crippen molar-refractivity contribution in [3.63, 3.8) is 0 Å². The molecule has 1 aromatic heterocycles. The molecule has 10 heteroatoms. The van der Waals surface area contributed by atoms with E-state index in [2.05, 4.69) is 15.3 Å². The van der Waals surface area contributed by atoms with Crippen LogP contribution in [-0.4, -0.2) is 52.9 Å². The summed E-state index contributed by atoms with van der Waals surface area (Å²) in [5.41, 5.74) is -0.516. The fourth-order valence-electron chi connectivity index (χ4n) is 2.68. The van der Waals surface area contributed by atoms with Gasteiger partial charge >= 0.3 is 0 Å². The zero-order valence-corrected chi connectivity index (χ0v) is 14.2. The molecule has 1 N–H and O–H groups in total. The molecule has 1 aliphatic rings. The van der Waals surface area contributed by atoms with Crippen molar-refractivity contribution in [2.75, 3.05) is 36.4 Å². The Hall–Kier alpha value is -3.17. The standard InChI is InChI=1S/C17H16F3N5O2/c18-11-2-3-12(16(20)15(11)19)23-13(26)10-14(27)24-6-8-25(9-7-24)17-21-4-1-5-22-17/h1-5H,6-10H2,(H,23,26). The molecule has 3 rings (SSSR count). The van der Waals surface area contributed by atoms with Gasteiger partial charge in [-0.05, 0) is 18.2 Å². The quantitative estimate of drug-likeness (QED) is 0.645. The molecule has 0 atom stereocenters. The van der Waals surface area contributed by atoms with E-state index in [4.69, 9.17) is 0 Å². The number of anilines is 2. The zero-order chi connectivity index (χ0) is 19.4. The molecule has 2 amide bonds. The normalized spacial score (nSPS) is 14.2. The second-order valence-corrected chi connectivity index (χ2v) is 5.86. The number of amides is 2. The number of carbonyl (C=O) groups is 2. The van der Waals surface area contributed by atoms with Crippen LogP contribution in [-0.2, 0) is 9.59 Å². The summed E-state index contributed by atoms with van der Waals surface area (Å²) in [6.45, 7) is 1.78. The van der Waals surface area contributed by atoms with E-state index in [0.29, 0.717) is 38.2 Å². The van der Waals surface area contributed by atoms with Crippen LogP contribution in [0, 0.1) is 17.5 Å². The number of halogens is 3. The van der Waals surface area contributed by atoms with Crippen molar-refractivity contribution in [3.8, 4) is 0 Å². The smallest absolute Gasteiger partial charge is 0.233 e. The van der Waals surface area contributed by atoms with Crippen LogP contribution < -0.4 is 10.2 Å². The maximum atomic E-state index is 13.6. The molecule has 27 heavy (non-hydrogen) atoms. The van der Waals surface area contributed by atoms with E-state index in [1.807, 2.05) is 4.90 Å². The zero-order valence-electron chi connectivity index (χ0n) is 14.2. The average molecular weight is 379 g/mol. The SMILES string of the molecule is O=C(CC(=O)N1CCN(c2ncccn2)CC1)Nc1ccc(F)c(F)c1F. The molecule has 0 spiro atoms. The minimum atomic E-state index is -1.68. The first-order valence-electron chi connectivity index (χ1n) is 8.19. The van der Waals surface area contributed by atoms with Crippen molar-refractivity contribution >= 4 is 23.5 Å². The molecule has 7 nitrogen and oxygen atoms in total. The number of nitrogens with zero attached hydrogens (tertiary/aromatic N) is 4. The molecule has 0 radical (unpaired) electrons. The fraction of sp³-hybridized carbons (Fsp3) is 0.294. The predicted molar refractivity (Wildman–Crippen MR) is 90.4 cm³/mol. The minimum absolute atomic E-state index is 0.379. The van der Waals surface area contributed by atoms with Crippen molar-refractivity contribution in [1.82, 2.24) is 14.9 Å². The second-order valence-electron chi connectivity index (χ2n) is 5.86. The van der Waals surface area contributed by atoms with Gasteiger partial charge in [0.05, 0.1) is 5.69 Å². The Bertz CT molecular complexity index is 842. The first-order chi connectivity index (χ1) is 13.0. The van der Waals surface area contributed by atoms with Crippen LogP contribution in [0.15, 0.2) is 30.6 Å². The lowest BCUT2D eigenvalue weighted by Gasteiger charge is -2.34. The van der Waals surface area contributed by atoms with Crippen LogP contribution >= 0.6 is 0 Å². The van der Waals surface area contributed by atoms with Gasteiger partial charge in [0.1, 0.15) is 6.42 Å². The first-order valence-corrected chi connectivity index (χ1v) is 8.19. The highest BCUT2D eigenvalue weighted by molar-refractivity contribution is 6.03. The molecule has 1 saturated heterocycles. The maximum absolute atomic E-state index is 13.6. The maximum Gasteiger partial charge on any atom is 0.233 e. The molecule has 142 valence electrons. The number of carbonyl (C=O) groups excluding carboxylic acids is 2. The van der Waals surface area contributed by atoms with E-state index in [1.54, 1.807) is 18.5 Å². The van der Waals surface area contributed by atoms with Crippen molar-refractivity contribution < 1.29 is 22.8 Å². The molecule has 2 aromatic rings. The Morgan fingerprint density at radius 2 is 1.67 bits per heavy atom. The summed E-state index contributed by atoms with van der Waals surface area (Å²) in [4.78, 5) is 35.9. The van der Waals surface area contributed by atoms with Crippen LogP contribution in [0.1, 0.15) is 6.42 Å². The fourth-order valence-corrected chi connectivity index (χ4v) is 2.68. The van der Waals surface area contributed by atoms with Crippen LogP contribution in [0.4, 0.5) is 24.8 Å². The number of aromatic nitrogens is 2. The van der Waals surface area contributed by atoms with Crippen molar-refractivity contribution in [2.24, 2.45) is 0 Å². The monoisotopic (exact) mass is 379 g/mol. The van der Waals surface area contributed by atoms with Crippen LogP contribution in [0.25, 0.3) is 0 Å². The number of benzene rings is 1. The van der Waals surface area contributed by atoms with Crippen LogP contribution in [0.5, 0.6) is 0 Å². The summed E-state index contributed by atoms with van der Waals surface area (Å²) in [6, 6.07) is 3.30. The van der Waals surface area contributed by atoms with Crippen molar-refractivity contribution in [1.29, 1.82) is 0 Å². The van der Waals surface area contributed by atoms with E-state index in [0.717, 1.165) is 6.07 Å². The Morgan fingerprint density at radius 3 is 2.33 bits per heavy atom. The number of hydrogen-bond donors (Lipinski definition) is 1. The third kappa shape index (κ3) is 4.33. The Labute approximate surface area is 152 Å². The Balaban J connectivity index is 1.52. The molecule has 0 saturated carbocycles. The topological polar surface area (TPSA) is 78.4 Å². The van der Waals surface area contributed by atoms with E-state index >= 15 is 0 Å². The summed E-state index contributed by atoms with van der Waals surface area (Å²) < 4.78 is 39.7. The van der Waals surface area contributed by atoms with Crippen molar-refractivity contribution in [3.05, 3.63) is 48.0 Å². The number of rotatable bonds is 4. The molecule has 0 unspecified atom stereocenters. The van der Waals surface area contributed by atoms with Crippen LogP contribution in [0.2, 0.25) is 0 Å². The van der Waals surface area contributed by atoms with E-state index in [1.165, 1.54) is 4.90 Å². The lowest BCUT2D eigenvalue weighted by Crippen LogP contribution is -2.49. The number of hydrogen-bond acceptors (Lipinski definition) is 5. The summed E-state index contributed by atoms with van der Waals surface area (Å²) in [5.74, 6) is -5.23. The highest BCUT2D eigenvalue weighted by atomic mass is 19.2. The van der Waals surface area contributed by atoms with Crippen LogP contribution in [0.3, 0.4) is 0 Å². The third-order valence-corrected chi connectivity index (χ3v) is 4.09. The molecule has 1 aromatic carbocycles. The van der Waals surface area contributed by atoms with Gasteiger partial charge in [-0.2, -0.15) is 0 Å². The van der Waals surface area contributed by atoms with E-state index in [9.17, 15) is 22.8 Å². The minimum Gasteiger partial charge on any atom is -0.339 e. The highest BCUT2D eigenvalue weighted by Crippen LogP contribution is 2.20. The van der Waals surface area contributed by atoms with Gasteiger partial charge in [0, 0.05) is 38.6 Å². The third-order valence-electron chi connectivity index (χ3n) is 4.09. The number of nitrogens with one attached hydrogen (secondary N) is 1. The van der Waals surface area contributed by atoms with Gasteiger partial charge in [0.25, 0.3) is 0 Å². The summed E-state index contributed by atoms with van der Waals surface area (Å²) >= 11 is 0. The van der Waals surface area contributed by atoms with E-state index < -0.39 is 41.4 Å². The second kappa shape index (κ2) is 8.02. The molecule has 2 heterocycles. The molecular formula is C17H16F3N5O2. The van der Waals surface area contributed by atoms with E-state index in [-0.39, 0.29) is 0 Å². The highest BCUT2D eigenvalue weighted by Gasteiger charge is 2.24. The van der Waals surface area contributed by atoms with Gasteiger partial charge in [-0.25, -0.2) is 23.1 Å². The van der Waals surface area contributed by atoms with Gasteiger partial charge in [0.2, 0.25) is 17.8 Å². The summed E-state index contributed by atoms with van der Waals surface area (Å²) in [7, 11) is 0. The molecule has 0 aliphatic carbocycles. The molecular weight excluding hydrogens is 363 g/mol. The lowest BCUT2D eigenvalue weighted by molar-refractivity contribution is -0.134. The van der Waals surface area contributed by atoms with Gasteiger partial charge in [-0.15, -0.1) is 0 Å². The molecule has 1 fully saturated rings. The summed E-state index contributed by atoms with van der Waals surface area (Å²) in [6.07, 6.45) is 2.73. The predicted octanol–water partition coefficient (Wildman–Crippen LogP) is 1.57. The van der Waals surface area contributed by atoms with Gasteiger partial charge in [0.15, 0.2) is 17.5 Å². The van der Waals surface area contributed by atoms with Gasteiger partial charge in [-0.3, -0.25) is 9.59 Å².